The molecule has 96 valence electrons. The molecule has 1 N–H and O–H groups in total. The van der Waals surface area contributed by atoms with Crippen LogP contribution in [0.3, 0.4) is 0 Å². The van der Waals surface area contributed by atoms with Crippen LogP contribution in [0.15, 0.2) is 34.9 Å². The van der Waals surface area contributed by atoms with Crippen LogP contribution >= 0.6 is 27.3 Å². The first-order valence-corrected chi connectivity index (χ1v) is 7.66. The number of benzene rings is 1. The maximum Gasteiger partial charge on any atom is 0.0971 e. The fraction of sp³-hybridized carbons (Fsp3) is 0.357. The van der Waals surface area contributed by atoms with Crippen molar-refractivity contribution < 1.29 is 0 Å². The molecule has 4 heteroatoms. The minimum Gasteiger partial charge on any atom is -0.310 e. The number of nitrogens with zero attached hydrogens (tertiary/aromatic N) is 1. The van der Waals surface area contributed by atoms with E-state index in [0.29, 0.717) is 6.04 Å². The summed E-state index contributed by atoms with van der Waals surface area (Å²) in [4.78, 5) is 5.78. The van der Waals surface area contributed by atoms with Crippen molar-refractivity contribution in [1.82, 2.24) is 10.3 Å². The second-order valence-corrected chi connectivity index (χ2v) is 6.67. The van der Waals surface area contributed by atoms with Gasteiger partial charge in [0, 0.05) is 34.6 Å². The predicted octanol–water partition coefficient (Wildman–Crippen LogP) is 3.99. The molecule has 0 aliphatic carbocycles. The molecular weight excluding hydrogens is 308 g/mol. The lowest BCUT2D eigenvalue weighted by atomic mass is 10.2. The van der Waals surface area contributed by atoms with Gasteiger partial charge in [0.05, 0.1) is 5.01 Å². The first-order valence-electron chi connectivity index (χ1n) is 6.05. The molecule has 2 rings (SSSR count). The summed E-state index contributed by atoms with van der Waals surface area (Å²) in [6.07, 6.45) is 2.90. The van der Waals surface area contributed by atoms with Gasteiger partial charge in [-0.1, -0.05) is 41.9 Å². The van der Waals surface area contributed by atoms with Gasteiger partial charge in [-0.3, -0.25) is 0 Å². The molecular formula is C14H17BrN2S. The third-order valence-electron chi connectivity index (χ3n) is 2.55. The van der Waals surface area contributed by atoms with Crippen molar-refractivity contribution in [3.8, 4) is 0 Å². The first-order chi connectivity index (χ1) is 8.63. The molecule has 0 amide bonds. The number of halogens is 1. The summed E-state index contributed by atoms with van der Waals surface area (Å²) in [5.41, 5.74) is 1.30. The van der Waals surface area contributed by atoms with Crippen LogP contribution in [0.2, 0.25) is 0 Å². The van der Waals surface area contributed by atoms with Crippen molar-refractivity contribution in [2.45, 2.75) is 32.9 Å². The molecule has 0 spiro atoms. The standard InChI is InChI=1S/C14H17BrN2S/c1-10(2)16-8-13-9-17-14(18-13)7-11-3-5-12(15)6-4-11/h3-6,9-10,16H,7-8H2,1-2H3. The SMILES string of the molecule is CC(C)NCc1cnc(Cc2ccc(Br)cc2)s1. The van der Waals surface area contributed by atoms with E-state index in [9.17, 15) is 0 Å². The van der Waals surface area contributed by atoms with Crippen molar-refractivity contribution in [3.05, 3.63) is 50.4 Å². The first kappa shape index (κ1) is 13.7. The average Bonchev–Trinajstić information content (AvgIpc) is 2.77. The number of nitrogens with one attached hydrogen (secondary N) is 1. The van der Waals surface area contributed by atoms with Crippen LogP contribution in [0, 0.1) is 0 Å². The fourth-order valence-corrected chi connectivity index (χ4v) is 2.77. The Bertz CT molecular complexity index is 491. The molecule has 0 radical (unpaired) electrons. The third kappa shape index (κ3) is 4.19. The molecule has 18 heavy (non-hydrogen) atoms. The van der Waals surface area contributed by atoms with Crippen molar-refractivity contribution in [3.63, 3.8) is 0 Å². The van der Waals surface area contributed by atoms with Crippen LogP contribution in [0.5, 0.6) is 0 Å². The Morgan fingerprint density at radius 3 is 2.67 bits per heavy atom. The second-order valence-electron chi connectivity index (χ2n) is 4.56. The molecule has 2 nitrogen and oxygen atoms in total. The summed E-state index contributed by atoms with van der Waals surface area (Å²) in [5.74, 6) is 0. The molecule has 1 heterocycles. The Balaban J connectivity index is 1.95. The van der Waals surface area contributed by atoms with Gasteiger partial charge in [-0.2, -0.15) is 0 Å². The minimum atomic E-state index is 0.516. The van der Waals surface area contributed by atoms with E-state index in [4.69, 9.17) is 0 Å². The van der Waals surface area contributed by atoms with E-state index < -0.39 is 0 Å². The highest BCUT2D eigenvalue weighted by Crippen LogP contribution is 2.18. The van der Waals surface area contributed by atoms with Gasteiger partial charge in [0.1, 0.15) is 0 Å². The van der Waals surface area contributed by atoms with Gasteiger partial charge < -0.3 is 5.32 Å². The third-order valence-corrected chi connectivity index (χ3v) is 4.08. The Morgan fingerprint density at radius 2 is 2.00 bits per heavy atom. The Labute approximate surface area is 121 Å². The van der Waals surface area contributed by atoms with Crippen LogP contribution in [-0.4, -0.2) is 11.0 Å². The molecule has 0 saturated carbocycles. The van der Waals surface area contributed by atoms with E-state index in [1.54, 1.807) is 11.3 Å². The second kappa shape index (κ2) is 6.45. The smallest absolute Gasteiger partial charge is 0.0971 e. The van der Waals surface area contributed by atoms with Crippen molar-refractivity contribution in [1.29, 1.82) is 0 Å². The van der Waals surface area contributed by atoms with E-state index in [-0.39, 0.29) is 0 Å². The van der Waals surface area contributed by atoms with E-state index in [1.807, 2.05) is 6.20 Å². The lowest BCUT2D eigenvalue weighted by Gasteiger charge is -2.04. The van der Waals surface area contributed by atoms with Crippen LogP contribution < -0.4 is 5.32 Å². The number of hydrogen-bond acceptors (Lipinski definition) is 3. The summed E-state index contributed by atoms with van der Waals surface area (Å²) >= 11 is 5.24. The molecule has 0 bridgehead atoms. The van der Waals surface area contributed by atoms with Gasteiger partial charge in [-0.25, -0.2) is 4.98 Å². The summed E-state index contributed by atoms with van der Waals surface area (Å²) in [6, 6.07) is 8.94. The van der Waals surface area contributed by atoms with Gasteiger partial charge >= 0.3 is 0 Å². The quantitative estimate of drug-likeness (QED) is 0.899. The summed E-state index contributed by atoms with van der Waals surface area (Å²) in [6.45, 7) is 5.23. The lowest BCUT2D eigenvalue weighted by molar-refractivity contribution is 0.593. The lowest BCUT2D eigenvalue weighted by Crippen LogP contribution is -2.21. The Morgan fingerprint density at radius 1 is 1.28 bits per heavy atom. The highest BCUT2D eigenvalue weighted by molar-refractivity contribution is 9.10. The number of thiazole rings is 1. The number of hydrogen-bond donors (Lipinski definition) is 1. The van der Waals surface area contributed by atoms with Crippen molar-refractivity contribution in [2.24, 2.45) is 0 Å². The summed E-state index contributed by atoms with van der Waals surface area (Å²) in [5, 5.41) is 4.59. The molecule has 0 fully saturated rings. The highest BCUT2D eigenvalue weighted by atomic mass is 79.9. The van der Waals surface area contributed by atoms with Gasteiger partial charge in [0.15, 0.2) is 0 Å². The molecule has 0 atom stereocenters. The van der Waals surface area contributed by atoms with Crippen molar-refractivity contribution >= 4 is 27.3 Å². The molecule has 1 aromatic heterocycles. The number of aromatic nitrogens is 1. The fourth-order valence-electron chi connectivity index (χ4n) is 1.59. The van der Waals surface area contributed by atoms with Gasteiger partial charge in [-0.15, -0.1) is 11.3 Å². The van der Waals surface area contributed by atoms with E-state index in [1.165, 1.54) is 15.4 Å². The maximum absolute atomic E-state index is 4.48. The van der Waals surface area contributed by atoms with E-state index >= 15 is 0 Å². The molecule has 1 aromatic carbocycles. The Hall–Kier alpha value is -0.710. The van der Waals surface area contributed by atoms with Crippen LogP contribution in [0.25, 0.3) is 0 Å². The van der Waals surface area contributed by atoms with E-state index in [2.05, 4.69) is 64.3 Å². The zero-order valence-electron chi connectivity index (χ0n) is 10.6. The van der Waals surface area contributed by atoms with E-state index in [0.717, 1.165) is 17.4 Å². The predicted molar refractivity (Wildman–Crippen MR) is 81.0 cm³/mol. The topological polar surface area (TPSA) is 24.9 Å². The molecule has 0 aliphatic heterocycles. The highest BCUT2D eigenvalue weighted by Gasteiger charge is 2.04. The van der Waals surface area contributed by atoms with Gasteiger partial charge in [0.25, 0.3) is 0 Å². The summed E-state index contributed by atoms with van der Waals surface area (Å²) in [7, 11) is 0. The van der Waals surface area contributed by atoms with Gasteiger partial charge in [-0.05, 0) is 17.7 Å². The largest absolute Gasteiger partial charge is 0.310 e. The normalized spacial score (nSPS) is 11.1. The van der Waals surface area contributed by atoms with Crippen LogP contribution in [0.1, 0.15) is 29.3 Å². The summed E-state index contributed by atoms with van der Waals surface area (Å²) < 4.78 is 1.12. The zero-order chi connectivity index (χ0) is 13.0. The van der Waals surface area contributed by atoms with Crippen LogP contribution in [-0.2, 0) is 13.0 Å². The minimum absolute atomic E-state index is 0.516. The van der Waals surface area contributed by atoms with Crippen LogP contribution in [0.4, 0.5) is 0 Å². The maximum atomic E-state index is 4.48. The number of rotatable bonds is 5. The van der Waals surface area contributed by atoms with Crippen molar-refractivity contribution in [2.75, 3.05) is 0 Å². The molecule has 0 aliphatic rings. The van der Waals surface area contributed by atoms with Gasteiger partial charge in [0.2, 0.25) is 0 Å². The zero-order valence-corrected chi connectivity index (χ0v) is 13.0. The molecule has 0 unspecified atom stereocenters. The Kier molecular flexibility index (Phi) is 4.92. The molecule has 2 aromatic rings. The molecule has 0 saturated heterocycles. The average molecular weight is 325 g/mol. The monoisotopic (exact) mass is 324 g/mol.